The Morgan fingerprint density at radius 2 is 2.44 bits per heavy atom. The van der Waals surface area contributed by atoms with E-state index in [2.05, 4.69) is 6.58 Å². The van der Waals surface area contributed by atoms with Crippen LogP contribution < -0.4 is 0 Å². The molecular formula is C7H12O2. The third-order valence-electron chi connectivity index (χ3n) is 0.820. The molecule has 0 aromatic rings. The van der Waals surface area contributed by atoms with E-state index >= 15 is 0 Å². The topological polar surface area (TPSA) is 26.3 Å². The molecule has 0 aromatic carbocycles. The second-order valence-electron chi connectivity index (χ2n) is 1.72. The molecule has 0 spiro atoms. The van der Waals surface area contributed by atoms with Crippen molar-refractivity contribution in [1.29, 1.82) is 0 Å². The third kappa shape index (κ3) is 5.24. The minimum absolute atomic E-state index is 0.0524. The Morgan fingerprint density at radius 3 is 2.89 bits per heavy atom. The molecule has 0 bridgehead atoms. The molecule has 2 heteroatoms. The van der Waals surface area contributed by atoms with Gasteiger partial charge in [-0.2, -0.15) is 0 Å². The molecule has 9 heavy (non-hydrogen) atoms. The molecule has 0 amide bonds. The van der Waals surface area contributed by atoms with E-state index in [0.717, 1.165) is 6.42 Å². The summed E-state index contributed by atoms with van der Waals surface area (Å²) in [5.41, 5.74) is 0. The van der Waals surface area contributed by atoms with Gasteiger partial charge in [-0.15, -0.1) is 0 Å². The van der Waals surface area contributed by atoms with Crippen molar-refractivity contribution in [1.82, 2.24) is 0 Å². The van der Waals surface area contributed by atoms with E-state index in [9.17, 15) is 4.79 Å². The van der Waals surface area contributed by atoms with Crippen molar-refractivity contribution in [2.75, 3.05) is 13.2 Å². The fourth-order valence-corrected chi connectivity index (χ4v) is 0.376. The number of rotatable bonds is 5. The Bertz CT molecular complexity index is 97.1. The van der Waals surface area contributed by atoms with Crippen LogP contribution in [0.15, 0.2) is 12.7 Å². The average Bonchev–Trinajstić information content (AvgIpc) is 1.89. The van der Waals surface area contributed by atoms with Gasteiger partial charge in [0.05, 0.1) is 0 Å². The predicted molar refractivity (Wildman–Crippen MR) is 36.3 cm³/mol. The molecule has 0 fully saturated rings. The van der Waals surface area contributed by atoms with Gasteiger partial charge in [-0.1, -0.05) is 13.5 Å². The van der Waals surface area contributed by atoms with Crippen molar-refractivity contribution in [3.63, 3.8) is 0 Å². The van der Waals surface area contributed by atoms with Crippen LogP contribution in [0.2, 0.25) is 0 Å². The van der Waals surface area contributed by atoms with Gasteiger partial charge in [-0.25, -0.2) is 0 Å². The molecule has 0 aliphatic rings. The maximum Gasteiger partial charge on any atom is 0.180 e. The lowest BCUT2D eigenvalue weighted by atomic mass is 10.4. The van der Waals surface area contributed by atoms with Crippen LogP contribution in [0, 0.1) is 0 Å². The number of carbonyl (C=O) groups excluding carboxylic acids is 1. The van der Waals surface area contributed by atoms with Crippen LogP contribution in [0.5, 0.6) is 0 Å². The summed E-state index contributed by atoms with van der Waals surface area (Å²) in [6.45, 7) is 6.14. The minimum atomic E-state index is -0.0524. The minimum Gasteiger partial charge on any atom is -0.373 e. The molecule has 52 valence electrons. The number of ether oxygens (including phenoxy) is 1. The largest absolute Gasteiger partial charge is 0.373 e. The third-order valence-corrected chi connectivity index (χ3v) is 0.820. The average molecular weight is 128 g/mol. The first-order valence-electron chi connectivity index (χ1n) is 3.04. The summed E-state index contributed by atoms with van der Waals surface area (Å²) in [7, 11) is 0. The Hall–Kier alpha value is -0.630. The highest BCUT2D eigenvalue weighted by Crippen LogP contribution is 1.81. The van der Waals surface area contributed by atoms with Crippen LogP contribution in [0.4, 0.5) is 0 Å². The summed E-state index contributed by atoms with van der Waals surface area (Å²) < 4.78 is 4.91. The fraction of sp³-hybridized carbons (Fsp3) is 0.571. The monoisotopic (exact) mass is 128 g/mol. The van der Waals surface area contributed by atoms with Crippen molar-refractivity contribution in [3.05, 3.63) is 12.7 Å². The van der Waals surface area contributed by atoms with Gasteiger partial charge in [0.1, 0.15) is 6.61 Å². The first-order valence-corrected chi connectivity index (χ1v) is 3.04. The first kappa shape index (κ1) is 8.37. The molecule has 0 atom stereocenters. The molecule has 0 radical (unpaired) electrons. The molecule has 2 nitrogen and oxygen atoms in total. The van der Waals surface area contributed by atoms with Gasteiger partial charge >= 0.3 is 0 Å². The maximum absolute atomic E-state index is 10.4. The first-order chi connectivity index (χ1) is 4.31. The Kier molecular flexibility index (Phi) is 5.12. The lowest BCUT2D eigenvalue weighted by Gasteiger charge is -1.95. The molecule has 0 aliphatic carbocycles. The van der Waals surface area contributed by atoms with Gasteiger partial charge in [0, 0.05) is 6.61 Å². The maximum atomic E-state index is 10.4. The smallest absolute Gasteiger partial charge is 0.180 e. The van der Waals surface area contributed by atoms with Gasteiger partial charge in [-0.05, 0) is 12.5 Å². The van der Waals surface area contributed by atoms with E-state index in [4.69, 9.17) is 4.74 Å². The zero-order chi connectivity index (χ0) is 7.11. The highest BCUT2D eigenvalue weighted by molar-refractivity contribution is 5.90. The van der Waals surface area contributed by atoms with E-state index in [0.29, 0.717) is 6.61 Å². The molecule has 0 unspecified atom stereocenters. The van der Waals surface area contributed by atoms with E-state index in [1.807, 2.05) is 6.92 Å². The highest BCUT2D eigenvalue weighted by Gasteiger charge is 1.91. The summed E-state index contributed by atoms with van der Waals surface area (Å²) in [5, 5.41) is 0. The van der Waals surface area contributed by atoms with Crippen LogP contribution in [-0.4, -0.2) is 19.0 Å². The van der Waals surface area contributed by atoms with Gasteiger partial charge < -0.3 is 4.74 Å². The van der Waals surface area contributed by atoms with Gasteiger partial charge in [0.25, 0.3) is 0 Å². The molecule has 0 aliphatic heterocycles. The quantitative estimate of drug-likeness (QED) is 0.410. The van der Waals surface area contributed by atoms with Crippen molar-refractivity contribution in [2.24, 2.45) is 0 Å². The summed E-state index contributed by atoms with van der Waals surface area (Å²) >= 11 is 0. The molecule has 0 heterocycles. The lowest BCUT2D eigenvalue weighted by Crippen LogP contribution is -2.05. The van der Waals surface area contributed by atoms with Gasteiger partial charge in [-0.3, -0.25) is 4.79 Å². The van der Waals surface area contributed by atoms with E-state index in [-0.39, 0.29) is 12.4 Å². The van der Waals surface area contributed by atoms with Gasteiger partial charge in [0.2, 0.25) is 0 Å². The summed E-state index contributed by atoms with van der Waals surface area (Å²) in [6, 6.07) is 0. The number of hydrogen-bond acceptors (Lipinski definition) is 2. The summed E-state index contributed by atoms with van der Waals surface area (Å²) in [5.74, 6) is -0.0524. The van der Waals surface area contributed by atoms with Crippen LogP contribution in [0.1, 0.15) is 13.3 Å². The molecule has 0 N–H and O–H groups in total. The molecule has 0 saturated carbocycles. The Morgan fingerprint density at radius 1 is 1.78 bits per heavy atom. The SMILES string of the molecule is C=CC(=O)COCCC. The van der Waals surface area contributed by atoms with E-state index in [1.165, 1.54) is 6.08 Å². The standard InChI is InChI=1S/C7H12O2/c1-3-5-9-6-7(8)4-2/h4H,2-3,5-6H2,1H3. The zero-order valence-electron chi connectivity index (χ0n) is 5.72. The summed E-state index contributed by atoms with van der Waals surface area (Å²) in [6.07, 6.45) is 2.22. The Balaban J connectivity index is 3.07. The molecule has 0 saturated heterocycles. The van der Waals surface area contributed by atoms with Crippen molar-refractivity contribution >= 4 is 5.78 Å². The highest BCUT2D eigenvalue weighted by atomic mass is 16.5. The molecule has 0 rings (SSSR count). The van der Waals surface area contributed by atoms with Gasteiger partial charge in [0.15, 0.2) is 5.78 Å². The van der Waals surface area contributed by atoms with Crippen LogP contribution in [0.25, 0.3) is 0 Å². The Labute approximate surface area is 55.5 Å². The van der Waals surface area contributed by atoms with Crippen molar-refractivity contribution < 1.29 is 9.53 Å². The van der Waals surface area contributed by atoms with Crippen molar-refractivity contribution in [2.45, 2.75) is 13.3 Å². The number of hydrogen-bond donors (Lipinski definition) is 0. The molecular weight excluding hydrogens is 116 g/mol. The lowest BCUT2D eigenvalue weighted by molar-refractivity contribution is -0.118. The normalized spacial score (nSPS) is 9.00. The van der Waals surface area contributed by atoms with Crippen molar-refractivity contribution in [3.8, 4) is 0 Å². The van der Waals surface area contributed by atoms with E-state index in [1.54, 1.807) is 0 Å². The number of carbonyl (C=O) groups is 1. The molecule has 0 aromatic heterocycles. The second kappa shape index (κ2) is 5.51. The van der Waals surface area contributed by atoms with Crippen LogP contribution in [0.3, 0.4) is 0 Å². The predicted octanol–water partition coefficient (Wildman–Crippen LogP) is 1.17. The number of ketones is 1. The summed E-state index contributed by atoms with van der Waals surface area (Å²) in [4.78, 5) is 10.4. The fourth-order valence-electron chi connectivity index (χ4n) is 0.376. The second-order valence-corrected chi connectivity index (χ2v) is 1.72. The van der Waals surface area contributed by atoms with Crippen LogP contribution >= 0.6 is 0 Å². The zero-order valence-corrected chi connectivity index (χ0v) is 5.72. The van der Waals surface area contributed by atoms with E-state index < -0.39 is 0 Å². The van der Waals surface area contributed by atoms with Crippen LogP contribution in [-0.2, 0) is 9.53 Å².